The van der Waals surface area contributed by atoms with Crippen LogP contribution >= 0.6 is 39.1 Å². The number of carbonyl (C=O) groups is 3. The Hall–Kier alpha value is -3.33. The number of hydrogen-bond acceptors (Lipinski definition) is 3. The second-order valence-corrected chi connectivity index (χ2v) is 9.47. The molecule has 0 spiro atoms. The Kier molecular flexibility index (Phi) is 7.16. The fourth-order valence-corrected chi connectivity index (χ4v) is 4.20. The van der Waals surface area contributed by atoms with E-state index in [0.717, 1.165) is 15.6 Å². The Morgan fingerprint density at radius 3 is 2.34 bits per heavy atom. The van der Waals surface area contributed by atoms with Crippen molar-refractivity contribution in [2.45, 2.75) is 13.8 Å². The molecule has 178 valence electrons. The van der Waals surface area contributed by atoms with Gasteiger partial charge in [-0.2, -0.15) is 0 Å². The van der Waals surface area contributed by atoms with Gasteiger partial charge >= 0.3 is 11.8 Å². The Balaban J connectivity index is 1.65. The molecule has 0 aliphatic carbocycles. The van der Waals surface area contributed by atoms with Crippen LogP contribution in [-0.4, -0.2) is 22.4 Å². The molecule has 3 amide bonds. The Morgan fingerprint density at radius 2 is 1.57 bits per heavy atom. The number of halogens is 3. The van der Waals surface area contributed by atoms with E-state index in [0.29, 0.717) is 16.6 Å². The van der Waals surface area contributed by atoms with Crippen molar-refractivity contribution < 1.29 is 14.4 Å². The molecule has 4 rings (SSSR count). The van der Waals surface area contributed by atoms with E-state index in [1.165, 1.54) is 10.7 Å². The van der Waals surface area contributed by atoms with E-state index >= 15 is 0 Å². The fourth-order valence-electron chi connectivity index (χ4n) is 3.48. The number of anilines is 2. The third kappa shape index (κ3) is 5.19. The zero-order valence-electron chi connectivity index (χ0n) is 18.6. The summed E-state index contributed by atoms with van der Waals surface area (Å²) in [6.07, 6.45) is 0. The van der Waals surface area contributed by atoms with E-state index in [1.54, 1.807) is 42.5 Å². The molecule has 0 aliphatic heterocycles. The molecular formula is C25H19BrCl2N4O3. The predicted octanol–water partition coefficient (Wildman–Crippen LogP) is 6.29. The van der Waals surface area contributed by atoms with Crippen LogP contribution in [0.1, 0.15) is 21.6 Å². The predicted molar refractivity (Wildman–Crippen MR) is 143 cm³/mol. The Morgan fingerprint density at radius 1 is 0.857 bits per heavy atom. The molecule has 10 heteroatoms. The van der Waals surface area contributed by atoms with Gasteiger partial charge in [0, 0.05) is 15.5 Å². The van der Waals surface area contributed by atoms with Crippen LogP contribution in [0.25, 0.3) is 10.9 Å². The first-order chi connectivity index (χ1) is 16.7. The summed E-state index contributed by atoms with van der Waals surface area (Å²) >= 11 is 15.5. The highest BCUT2D eigenvalue weighted by molar-refractivity contribution is 9.10. The fraction of sp³-hybridized carbons (Fsp3) is 0.0800. The number of nitrogens with zero attached hydrogens (tertiary/aromatic N) is 1. The van der Waals surface area contributed by atoms with E-state index < -0.39 is 17.7 Å². The quantitative estimate of drug-likeness (QED) is 0.251. The summed E-state index contributed by atoms with van der Waals surface area (Å²) in [6.45, 7) is 3.86. The number of fused-ring (bicyclic) bond motifs is 1. The Labute approximate surface area is 219 Å². The summed E-state index contributed by atoms with van der Waals surface area (Å²) in [5.74, 6) is -2.43. The summed E-state index contributed by atoms with van der Waals surface area (Å²) in [6, 6.07) is 17.2. The third-order valence-electron chi connectivity index (χ3n) is 5.47. The standard InChI is InChI=1S/C25H19BrCl2N4O3/c1-13-5-3-7-18(14(13)2)29-23(33)21-12-15-11-16(26)9-10-20(15)32(21)31-25(35)24(34)30-19-8-4-6-17(27)22(19)28/h3-12H,1-2H3,(H,29,33)(H,30,34)(H,31,35). The van der Waals surface area contributed by atoms with Crippen molar-refractivity contribution in [3.8, 4) is 0 Å². The molecule has 0 unspecified atom stereocenters. The van der Waals surface area contributed by atoms with Crippen molar-refractivity contribution >= 4 is 79.1 Å². The lowest BCUT2D eigenvalue weighted by atomic mass is 10.1. The average Bonchev–Trinajstić information content (AvgIpc) is 3.17. The second kappa shape index (κ2) is 10.1. The molecule has 3 N–H and O–H groups in total. The van der Waals surface area contributed by atoms with Crippen molar-refractivity contribution in [3.05, 3.63) is 92.0 Å². The Bertz CT molecular complexity index is 1500. The van der Waals surface area contributed by atoms with Crippen LogP contribution in [0, 0.1) is 13.8 Å². The topological polar surface area (TPSA) is 92.2 Å². The van der Waals surface area contributed by atoms with Crippen molar-refractivity contribution in [3.63, 3.8) is 0 Å². The second-order valence-electron chi connectivity index (χ2n) is 7.77. The number of benzene rings is 3. The summed E-state index contributed by atoms with van der Waals surface area (Å²) in [5.41, 5.74) is 5.97. The highest BCUT2D eigenvalue weighted by Crippen LogP contribution is 2.29. The molecule has 1 aromatic heterocycles. The van der Waals surface area contributed by atoms with Crippen molar-refractivity contribution in [2.24, 2.45) is 0 Å². The van der Waals surface area contributed by atoms with E-state index in [-0.39, 0.29) is 21.4 Å². The van der Waals surface area contributed by atoms with Crippen LogP contribution in [0.3, 0.4) is 0 Å². The summed E-state index contributed by atoms with van der Waals surface area (Å²) in [4.78, 5) is 38.6. The monoisotopic (exact) mass is 572 g/mol. The van der Waals surface area contributed by atoms with Crippen LogP contribution < -0.4 is 16.1 Å². The first kappa shape index (κ1) is 24.8. The van der Waals surface area contributed by atoms with E-state index in [2.05, 4.69) is 32.0 Å². The van der Waals surface area contributed by atoms with Gasteiger partial charge in [-0.1, -0.05) is 57.3 Å². The average molecular weight is 574 g/mol. The van der Waals surface area contributed by atoms with Gasteiger partial charge in [0.2, 0.25) is 0 Å². The number of aromatic nitrogens is 1. The lowest BCUT2D eigenvalue weighted by Crippen LogP contribution is -2.36. The lowest BCUT2D eigenvalue weighted by molar-refractivity contribution is -0.133. The number of aryl methyl sites for hydroxylation is 1. The minimum absolute atomic E-state index is 0.111. The minimum Gasteiger partial charge on any atom is -0.320 e. The normalized spacial score (nSPS) is 10.8. The lowest BCUT2D eigenvalue weighted by Gasteiger charge is -2.14. The highest BCUT2D eigenvalue weighted by atomic mass is 79.9. The maximum Gasteiger partial charge on any atom is 0.328 e. The highest BCUT2D eigenvalue weighted by Gasteiger charge is 2.22. The molecule has 35 heavy (non-hydrogen) atoms. The van der Waals surface area contributed by atoms with Gasteiger partial charge in [0.15, 0.2) is 0 Å². The van der Waals surface area contributed by atoms with Crippen molar-refractivity contribution in [1.29, 1.82) is 0 Å². The number of amides is 3. The van der Waals surface area contributed by atoms with E-state index in [4.69, 9.17) is 23.2 Å². The zero-order valence-corrected chi connectivity index (χ0v) is 21.7. The zero-order chi connectivity index (χ0) is 25.3. The van der Waals surface area contributed by atoms with Gasteiger partial charge in [-0.3, -0.25) is 19.8 Å². The summed E-state index contributed by atoms with van der Waals surface area (Å²) in [5, 5.41) is 6.35. The molecule has 0 saturated carbocycles. The smallest absolute Gasteiger partial charge is 0.320 e. The summed E-state index contributed by atoms with van der Waals surface area (Å²) in [7, 11) is 0. The molecule has 0 saturated heterocycles. The van der Waals surface area contributed by atoms with E-state index in [1.807, 2.05) is 26.0 Å². The van der Waals surface area contributed by atoms with Crippen LogP contribution in [0.2, 0.25) is 10.0 Å². The van der Waals surface area contributed by atoms with Gasteiger partial charge < -0.3 is 10.6 Å². The van der Waals surface area contributed by atoms with Crippen LogP contribution in [0.4, 0.5) is 11.4 Å². The van der Waals surface area contributed by atoms with Gasteiger partial charge in [-0.15, -0.1) is 0 Å². The molecule has 0 fully saturated rings. The first-order valence-electron chi connectivity index (χ1n) is 10.4. The molecule has 0 aliphatic rings. The maximum absolute atomic E-state index is 13.2. The number of rotatable bonds is 4. The molecule has 1 heterocycles. The largest absolute Gasteiger partial charge is 0.328 e. The van der Waals surface area contributed by atoms with Gasteiger partial charge in [0.05, 0.1) is 21.2 Å². The van der Waals surface area contributed by atoms with Crippen LogP contribution in [-0.2, 0) is 9.59 Å². The molecule has 3 aromatic carbocycles. The van der Waals surface area contributed by atoms with Crippen LogP contribution in [0.15, 0.2) is 65.1 Å². The molecule has 0 bridgehead atoms. The van der Waals surface area contributed by atoms with Gasteiger partial charge in [0.1, 0.15) is 5.69 Å². The first-order valence-corrected chi connectivity index (χ1v) is 12.0. The van der Waals surface area contributed by atoms with Crippen LogP contribution in [0.5, 0.6) is 0 Å². The number of hydrogen-bond donors (Lipinski definition) is 3. The molecule has 0 atom stereocenters. The minimum atomic E-state index is -0.998. The third-order valence-corrected chi connectivity index (χ3v) is 6.78. The van der Waals surface area contributed by atoms with Gasteiger partial charge in [-0.05, 0) is 67.4 Å². The SMILES string of the molecule is Cc1cccc(NC(=O)c2cc3cc(Br)ccc3n2NC(=O)C(=O)Nc2cccc(Cl)c2Cl)c1C. The van der Waals surface area contributed by atoms with Gasteiger partial charge in [-0.25, -0.2) is 4.68 Å². The molecule has 4 aromatic rings. The molecule has 0 radical (unpaired) electrons. The molecular weight excluding hydrogens is 555 g/mol. The van der Waals surface area contributed by atoms with Crippen molar-refractivity contribution in [2.75, 3.05) is 16.1 Å². The van der Waals surface area contributed by atoms with E-state index in [9.17, 15) is 14.4 Å². The number of nitrogens with one attached hydrogen (secondary N) is 3. The summed E-state index contributed by atoms with van der Waals surface area (Å²) < 4.78 is 2.08. The molecule has 7 nitrogen and oxygen atoms in total. The number of carbonyl (C=O) groups excluding carboxylic acids is 3. The van der Waals surface area contributed by atoms with Crippen molar-refractivity contribution in [1.82, 2.24) is 4.68 Å². The van der Waals surface area contributed by atoms with Gasteiger partial charge in [0.25, 0.3) is 5.91 Å². The maximum atomic E-state index is 13.2.